The Morgan fingerprint density at radius 3 is 2.43 bits per heavy atom. The fourth-order valence-corrected chi connectivity index (χ4v) is 3.71. The van der Waals surface area contributed by atoms with Crippen molar-refractivity contribution in [3.05, 3.63) is 81.4 Å². The van der Waals surface area contributed by atoms with Crippen molar-refractivity contribution < 1.29 is 4.79 Å². The molecule has 0 saturated heterocycles. The first kappa shape index (κ1) is 20.0. The molecule has 6 heteroatoms. The average molecular weight is 418 g/mol. The Morgan fingerprint density at radius 1 is 1.03 bits per heavy atom. The number of H-pyrrole nitrogens is 1. The first-order valence-corrected chi connectivity index (χ1v) is 10.0. The van der Waals surface area contributed by atoms with Crippen molar-refractivity contribution in [3.8, 4) is 22.4 Å². The van der Waals surface area contributed by atoms with Gasteiger partial charge < -0.3 is 4.98 Å². The van der Waals surface area contributed by atoms with Crippen LogP contribution in [0, 0.1) is 12.8 Å². The van der Waals surface area contributed by atoms with Crippen molar-refractivity contribution in [2.24, 2.45) is 5.92 Å². The number of rotatable bonds is 4. The molecule has 3 aromatic heterocycles. The molecule has 0 radical (unpaired) electrons. The monoisotopic (exact) mass is 417 g/mol. The molecule has 1 N–H and O–H groups in total. The van der Waals surface area contributed by atoms with Gasteiger partial charge in [0.2, 0.25) is 5.43 Å². The first-order chi connectivity index (χ1) is 14.3. The topological polar surface area (TPSA) is 75.7 Å². The number of benzene rings is 1. The number of hydrogen-bond donors (Lipinski definition) is 1. The highest BCUT2D eigenvalue weighted by Crippen LogP contribution is 2.33. The van der Waals surface area contributed by atoms with Crippen molar-refractivity contribution in [2.45, 2.75) is 20.8 Å². The molecule has 0 unspecified atom stereocenters. The third kappa shape index (κ3) is 3.64. The Hall–Kier alpha value is -3.31. The van der Waals surface area contributed by atoms with E-state index in [4.69, 9.17) is 16.6 Å². The summed E-state index contributed by atoms with van der Waals surface area (Å²) in [5.41, 5.74) is 4.18. The number of Topliss-reactive ketones (excluding diaryl/α,β-unsaturated/α-hetero) is 1. The Labute approximate surface area is 178 Å². The lowest BCUT2D eigenvalue weighted by molar-refractivity contribution is 0.0938. The van der Waals surface area contributed by atoms with Gasteiger partial charge in [0.15, 0.2) is 5.78 Å². The quantitative estimate of drug-likeness (QED) is 0.353. The standard InChI is InChI=1S/C24H20ClN3O2/c1-13(2)22(29)19-12-26-24-18(23(19)30)11-17(16-9-14(3)27-20(25)10-16)21(28-24)15-7-5-4-6-8-15/h4-13H,1-3H3,(H,26,28,30). The lowest BCUT2D eigenvalue weighted by Gasteiger charge is -2.13. The molecule has 5 nitrogen and oxygen atoms in total. The molecular formula is C24H20ClN3O2. The predicted molar refractivity (Wildman–Crippen MR) is 120 cm³/mol. The molecule has 0 amide bonds. The fourth-order valence-electron chi connectivity index (χ4n) is 3.46. The molecule has 3 heterocycles. The van der Waals surface area contributed by atoms with Crippen LogP contribution in [0.3, 0.4) is 0 Å². The van der Waals surface area contributed by atoms with Crippen LogP contribution < -0.4 is 5.43 Å². The molecule has 30 heavy (non-hydrogen) atoms. The summed E-state index contributed by atoms with van der Waals surface area (Å²) in [7, 11) is 0. The van der Waals surface area contributed by atoms with E-state index in [1.165, 1.54) is 6.20 Å². The predicted octanol–water partition coefficient (Wildman–Crippen LogP) is 5.45. The van der Waals surface area contributed by atoms with Crippen molar-refractivity contribution in [2.75, 3.05) is 0 Å². The van der Waals surface area contributed by atoms with Crippen molar-refractivity contribution in [1.82, 2.24) is 15.0 Å². The highest BCUT2D eigenvalue weighted by atomic mass is 35.5. The number of carbonyl (C=O) groups is 1. The number of nitrogens with one attached hydrogen (secondary N) is 1. The number of halogens is 1. The second-order valence-corrected chi connectivity index (χ2v) is 7.90. The summed E-state index contributed by atoms with van der Waals surface area (Å²) >= 11 is 6.21. The van der Waals surface area contributed by atoms with E-state index in [-0.39, 0.29) is 22.7 Å². The van der Waals surface area contributed by atoms with Gasteiger partial charge in [-0.2, -0.15) is 0 Å². The molecule has 1 aromatic carbocycles. The van der Waals surface area contributed by atoms with Crippen LogP contribution >= 0.6 is 11.6 Å². The molecule has 4 aromatic rings. The maximum atomic E-state index is 13.1. The molecule has 150 valence electrons. The Balaban J connectivity index is 2.06. The Morgan fingerprint density at radius 2 is 1.77 bits per heavy atom. The highest BCUT2D eigenvalue weighted by molar-refractivity contribution is 6.29. The van der Waals surface area contributed by atoms with E-state index in [1.807, 2.05) is 43.3 Å². The van der Waals surface area contributed by atoms with Gasteiger partial charge in [-0.3, -0.25) is 9.59 Å². The van der Waals surface area contributed by atoms with Crippen LogP contribution in [0.2, 0.25) is 5.15 Å². The largest absolute Gasteiger partial charge is 0.345 e. The summed E-state index contributed by atoms with van der Waals surface area (Å²) in [6.07, 6.45) is 1.46. The van der Waals surface area contributed by atoms with Gasteiger partial charge in [0.25, 0.3) is 0 Å². The summed E-state index contributed by atoms with van der Waals surface area (Å²) in [6, 6.07) is 15.2. The number of ketones is 1. The van der Waals surface area contributed by atoms with Gasteiger partial charge in [-0.25, -0.2) is 9.97 Å². The number of aromatic nitrogens is 3. The first-order valence-electron chi connectivity index (χ1n) is 9.66. The molecule has 0 fully saturated rings. The average Bonchev–Trinajstić information content (AvgIpc) is 2.72. The lowest BCUT2D eigenvalue weighted by Crippen LogP contribution is -2.20. The maximum Gasteiger partial charge on any atom is 0.201 e. The zero-order chi connectivity index (χ0) is 21.4. The molecule has 0 aliphatic heterocycles. The Bertz CT molecular complexity index is 1310. The number of aryl methyl sites for hydroxylation is 1. The smallest absolute Gasteiger partial charge is 0.201 e. The third-order valence-corrected chi connectivity index (χ3v) is 5.13. The van der Waals surface area contributed by atoms with Gasteiger partial charge in [0.1, 0.15) is 10.8 Å². The lowest BCUT2D eigenvalue weighted by atomic mass is 9.96. The summed E-state index contributed by atoms with van der Waals surface area (Å²) in [6.45, 7) is 5.41. The van der Waals surface area contributed by atoms with E-state index in [0.717, 1.165) is 22.4 Å². The van der Waals surface area contributed by atoms with Crippen LogP contribution in [-0.2, 0) is 0 Å². The second-order valence-electron chi connectivity index (χ2n) is 7.52. The molecular weight excluding hydrogens is 398 g/mol. The second kappa shape index (κ2) is 7.84. The Kier molecular flexibility index (Phi) is 5.22. The number of aromatic amines is 1. The summed E-state index contributed by atoms with van der Waals surface area (Å²) in [5, 5.41) is 0.725. The molecule has 4 rings (SSSR count). The van der Waals surface area contributed by atoms with Gasteiger partial charge in [-0.15, -0.1) is 0 Å². The summed E-state index contributed by atoms with van der Waals surface area (Å²) in [4.78, 5) is 37.6. The maximum absolute atomic E-state index is 13.1. The normalized spacial score (nSPS) is 11.2. The minimum atomic E-state index is -0.326. The van der Waals surface area contributed by atoms with Crippen molar-refractivity contribution in [3.63, 3.8) is 0 Å². The van der Waals surface area contributed by atoms with E-state index >= 15 is 0 Å². The van der Waals surface area contributed by atoms with Crippen LogP contribution in [-0.4, -0.2) is 20.7 Å². The number of pyridine rings is 3. The third-order valence-electron chi connectivity index (χ3n) is 4.94. The van der Waals surface area contributed by atoms with E-state index in [0.29, 0.717) is 21.9 Å². The number of hydrogen-bond acceptors (Lipinski definition) is 4. The molecule has 0 saturated carbocycles. The molecule has 0 spiro atoms. The molecule has 0 atom stereocenters. The number of carbonyl (C=O) groups excluding carboxylic acids is 1. The van der Waals surface area contributed by atoms with Gasteiger partial charge in [0.05, 0.1) is 16.6 Å². The summed E-state index contributed by atoms with van der Waals surface area (Å²) < 4.78 is 0. The van der Waals surface area contributed by atoms with Crippen LogP contribution in [0.1, 0.15) is 29.9 Å². The van der Waals surface area contributed by atoms with Crippen LogP contribution in [0.25, 0.3) is 33.4 Å². The van der Waals surface area contributed by atoms with Crippen LogP contribution in [0.4, 0.5) is 0 Å². The molecule has 0 aliphatic carbocycles. The van der Waals surface area contributed by atoms with Gasteiger partial charge in [-0.05, 0) is 30.7 Å². The molecule has 0 bridgehead atoms. The van der Waals surface area contributed by atoms with Crippen molar-refractivity contribution >= 4 is 28.4 Å². The van der Waals surface area contributed by atoms with Gasteiger partial charge >= 0.3 is 0 Å². The minimum Gasteiger partial charge on any atom is -0.345 e. The van der Waals surface area contributed by atoms with Gasteiger partial charge in [0, 0.05) is 28.9 Å². The fraction of sp³-hybridized carbons (Fsp3) is 0.167. The van der Waals surface area contributed by atoms with E-state index < -0.39 is 0 Å². The zero-order valence-corrected chi connectivity index (χ0v) is 17.6. The van der Waals surface area contributed by atoms with E-state index in [1.54, 1.807) is 26.0 Å². The minimum absolute atomic E-state index is 0.140. The SMILES string of the molecule is Cc1cc(-c2cc3c(=O)c(C(=O)C(C)C)c[nH]c3nc2-c2ccccc2)cc(Cl)n1. The van der Waals surface area contributed by atoms with Gasteiger partial charge in [-0.1, -0.05) is 55.8 Å². The number of fused-ring (bicyclic) bond motifs is 1. The van der Waals surface area contributed by atoms with Crippen molar-refractivity contribution in [1.29, 1.82) is 0 Å². The van der Waals surface area contributed by atoms with E-state index in [9.17, 15) is 9.59 Å². The summed E-state index contributed by atoms with van der Waals surface area (Å²) in [5.74, 6) is -0.476. The number of nitrogens with zero attached hydrogens (tertiary/aromatic N) is 2. The molecule has 0 aliphatic rings. The highest BCUT2D eigenvalue weighted by Gasteiger charge is 2.19. The van der Waals surface area contributed by atoms with Crippen LogP contribution in [0.15, 0.2) is 59.5 Å². The van der Waals surface area contributed by atoms with E-state index in [2.05, 4.69) is 9.97 Å². The van der Waals surface area contributed by atoms with Crippen LogP contribution in [0.5, 0.6) is 0 Å². The zero-order valence-electron chi connectivity index (χ0n) is 16.9.